The zero-order valence-corrected chi connectivity index (χ0v) is 11.3. The first-order chi connectivity index (χ1) is 8.00. The van der Waals surface area contributed by atoms with Gasteiger partial charge in [0.25, 0.3) is 0 Å². The van der Waals surface area contributed by atoms with Gasteiger partial charge in [0.15, 0.2) is 0 Å². The molecule has 2 rings (SSSR count). The van der Waals surface area contributed by atoms with Gasteiger partial charge in [0, 0.05) is 5.56 Å². The second kappa shape index (κ2) is 4.35. The van der Waals surface area contributed by atoms with Gasteiger partial charge in [0.1, 0.15) is 11.4 Å². The van der Waals surface area contributed by atoms with Crippen LogP contribution >= 0.6 is 15.9 Å². The second-order valence-electron chi connectivity index (χ2n) is 4.75. The number of carbonyl (C=O) groups excluding carboxylic acids is 1. The third-order valence-corrected chi connectivity index (χ3v) is 3.78. The molecule has 1 saturated carbocycles. The van der Waals surface area contributed by atoms with Gasteiger partial charge in [0.05, 0.1) is 4.47 Å². The van der Waals surface area contributed by atoms with E-state index in [1.165, 1.54) is 0 Å². The third-order valence-electron chi connectivity index (χ3n) is 3.20. The molecule has 4 heteroatoms. The summed E-state index contributed by atoms with van der Waals surface area (Å²) in [5.74, 6) is -0.00689. The van der Waals surface area contributed by atoms with Crippen molar-refractivity contribution >= 4 is 22.0 Å². The van der Waals surface area contributed by atoms with Crippen LogP contribution in [0.4, 0.5) is 4.39 Å². The van der Waals surface area contributed by atoms with Crippen LogP contribution in [0, 0.1) is 5.82 Å². The van der Waals surface area contributed by atoms with E-state index in [0.717, 1.165) is 5.56 Å². The minimum absolute atomic E-state index is 0.307. The monoisotopic (exact) mass is 297 g/mol. The number of isocyanates is 1. The van der Waals surface area contributed by atoms with Crippen molar-refractivity contribution in [1.82, 2.24) is 0 Å². The molecule has 0 N–H and O–H groups in total. The topological polar surface area (TPSA) is 29.4 Å². The van der Waals surface area contributed by atoms with Crippen molar-refractivity contribution in [3.05, 3.63) is 33.5 Å². The summed E-state index contributed by atoms with van der Waals surface area (Å²) in [5, 5.41) is 0. The van der Waals surface area contributed by atoms with Gasteiger partial charge in [-0.05, 0) is 46.3 Å². The molecule has 0 aromatic heterocycles. The molecule has 1 aliphatic rings. The maximum Gasteiger partial charge on any atom is 0.235 e. The molecule has 0 amide bonds. The summed E-state index contributed by atoms with van der Waals surface area (Å²) in [6, 6.07) is 3.60. The average Bonchev–Trinajstić information content (AvgIpc) is 3.03. The molecule has 0 bridgehead atoms. The molecule has 1 aromatic carbocycles. The molecular formula is C13H13BrFNO. The van der Waals surface area contributed by atoms with E-state index in [2.05, 4.69) is 20.9 Å². The standard InChI is InChI=1S/C13H13BrFNO/c1-8(2)9-5-10(12(15)11(14)6-9)13(3-4-13)16-7-17/h5-6,8H,3-4H2,1-2H3. The predicted octanol–water partition coefficient (Wildman–Crippen LogP) is 4.04. The Hall–Kier alpha value is -0.990. The van der Waals surface area contributed by atoms with Gasteiger partial charge in [-0.3, -0.25) is 0 Å². The Labute approximate surface area is 108 Å². The van der Waals surface area contributed by atoms with Gasteiger partial charge in [-0.1, -0.05) is 19.9 Å². The molecule has 0 heterocycles. The predicted molar refractivity (Wildman–Crippen MR) is 67.2 cm³/mol. The molecule has 1 fully saturated rings. The summed E-state index contributed by atoms with van der Waals surface area (Å²) in [7, 11) is 0. The van der Waals surface area contributed by atoms with Crippen molar-refractivity contribution < 1.29 is 9.18 Å². The van der Waals surface area contributed by atoms with Crippen molar-refractivity contribution in [2.45, 2.75) is 38.1 Å². The summed E-state index contributed by atoms with van der Waals surface area (Å²) in [5.41, 5.74) is 0.902. The maximum absolute atomic E-state index is 14.1. The van der Waals surface area contributed by atoms with Gasteiger partial charge < -0.3 is 0 Å². The maximum atomic E-state index is 14.1. The van der Waals surface area contributed by atoms with Crippen LogP contribution in [0.15, 0.2) is 21.6 Å². The molecule has 1 aromatic rings. The lowest BCUT2D eigenvalue weighted by atomic mass is 9.96. The first-order valence-electron chi connectivity index (χ1n) is 5.58. The summed E-state index contributed by atoms with van der Waals surface area (Å²) in [6.45, 7) is 4.10. The zero-order chi connectivity index (χ0) is 12.6. The largest absolute Gasteiger partial charge is 0.235 e. The number of halogens is 2. The highest BCUT2D eigenvalue weighted by Crippen LogP contribution is 2.51. The van der Waals surface area contributed by atoms with Crippen molar-refractivity contribution in [3.63, 3.8) is 0 Å². The van der Waals surface area contributed by atoms with Crippen LogP contribution in [-0.2, 0) is 10.3 Å². The zero-order valence-electron chi connectivity index (χ0n) is 9.76. The molecule has 1 aliphatic carbocycles. The number of nitrogens with zero attached hydrogens (tertiary/aromatic N) is 1. The first-order valence-corrected chi connectivity index (χ1v) is 6.38. The average molecular weight is 298 g/mol. The Morgan fingerprint density at radius 2 is 2.12 bits per heavy atom. The summed E-state index contributed by atoms with van der Waals surface area (Å²) in [4.78, 5) is 14.2. The van der Waals surface area contributed by atoms with Gasteiger partial charge in [-0.15, -0.1) is 0 Å². The lowest BCUT2D eigenvalue weighted by molar-refractivity contribution is 0.545. The fraction of sp³-hybridized carbons (Fsp3) is 0.462. The number of hydrogen-bond donors (Lipinski definition) is 0. The Morgan fingerprint density at radius 3 is 2.59 bits per heavy atom. The molecule has 0 saturated heterocycles. The fourth-order valence-electron chi connectivity index (χ4n) is 1.93. The normalized spacial score (nSPS) is 16.8. The van der Waals surface area contributed by atoms with Crippen molar-refractivity contribution in [1.29, 1.82) is 0 Å². The minimum atomic E-state index is -0.654. The van der Waals surface area contributed by atoms with Crippen LogP contribution < -0.4 is 0 Å². The molecule has 0 spiro atoms. The first kappa shape index (κ1) is 12.5. The second-order valence-corrected chi connectivity index (χ2v) is 5.61. The number of hydrogen-bond acceptors (Lipinski definition) is 2. The minimum Gasteiger partial charge on any atom is -0.211 e. The van der Waals surface area contributed by atoms with E-state index in [1.54, 1.807) is 12.1 Å². The Kier molecular flexibility index (Phi) is 3.19. The third kappa shape index (κ3) is 2.20. The SMILES string of the molecule is CC(C)c1cc(Br)c(F)c(C2(N=C=O)CC2)c1. The van der Waals surface area contributed by atoms with E-state index < -0.39 is 5.54 Å². The highest BCUT2D eigenvalue weighted by atomic mass is 79.9. The summed E-state index contributed by atoms with van der Waals surface area (Å²) < 4.78 is 14.5. The van der Waals surface area contributed by atoms with Gasteiger partial charge >= 0.3 is 0 Å². The van der Waals surface area contributed by atoms with Gasteiger partial charge in [0.2, 0.25) is 6.08 Å². The van der Waals surface area contributed by atoms with Gasteiger partial charge in [-0.2, -0.15) is 4.99 Å². The molecule has 0 unspecified atom stereocenters. The van der Waals surface area contributed by atoms with Crippen LogP contribution in [0.2, 0.25) is 0 Å². The fourth-order valence-corrected chi connectivity index (χ4v) is 2.41. The molecule has 2 nitrogen and oxygen atoms in total. The number of benzene rings is 1. The van der Waals surface area contributed by atoms with Crippen molar-refractivity contribution in [2.75, 3.05) is 0 Å². The number of rotatable bonds is 3. The van der Waals surface area contributed by atoms with Crippen molar-refractivity contribution in [2.24, 2.45) is 4.99 Å². The summed E-state index contributed by atoms with van der Waals surface area (Å²) >= 11 is 3.22. The van der Waals surface area contributed by atoms with E-state index >= 15 is 0 Å². The van der Waals surface area contributed by atoms with Crippen LogP contribution in [0.3, 0.4) is 0 Å². The van der Waals surface area contributed by atoms with E-state index in [4.69, 9.17) is 0 Å². The molecule has 90 valence electrons. The lowest BCUT2D eigenvalue weighted by Gasteiger charge is -2.15. The van der Waals surface area contributed by atoms with E-state index in [-0.39, 0.29) is 5.82 Å². The van der Waals surface area contributed by atoms with E-state index in [9.17, 15) is 9.18 Å². The smallest absolute Gasteiger partial charge is 0.211 e. The van der Waals surface area contributed by atoms with Crippen LogP contribution in [-0.4, -0.2) is 6.08 Å². The molecule has 0 atom stereocenters. The molecule has 17 heavy (non-hydrogen) atoms. The van der Waals surface area contributed by atoms with E-state index in [0.29, 0.717) is 28.8 Å². The number of aliphatic imine (C=N–C) groups is 1. The Balaban J connectivity index is 2.57. The Bertz CT molecular complexity index is 502. The highest BCUT2D eigenvalue weighted by Gasteiger charge is 2.47. The molecule has 0 radical (unpaired) electrons. The highest BCUT2D eigenvalue weighted by molar-refractivity contribution is 9.10. The van der Waals surface area contributed by atoms with Crippen LogP contribution in [0.25, 0.3) is 0 Å². The van der Waals surface area contributed by atoms with Crippen LogP contribution in [0.1, 0.15) is 43.7 Å². The van der Waals surface area contributed by atoms with E-state index in [1.807, 2.05) is 19.9 Å². The molecule has 0 aliphatic heterocycles. The van der Waals surface area contributed by atoms with Crippen molar-refractivity contribution in [3.8, 4) is 0 Å². The summed E-state index contributed by atoms with van der Waals surface area (Å²) in [6.07, 6.45) is 2.99. The lowest BCUT2D eigenvalue weighted by Crippen LogP contribution is -2.08. The molecular weight excluding hydrogens is 285 g/mol. The Morgan fingerprint density at radius 1 is 1.47 bits per heavy atom. The van der Waals surface area contributed by atoms with Gasteiger partial charge in [-0.25, -0.2) is 9.18 Å². The van der Waals surface area contributed by atoms with Crippen LogP contribution in [0.5, 0.6) is 0 Å². The quantitative estimate of drug-likeness (QED) is 0.612.